The van der Waals surface area contributed by atoms with E-state index in [9.17, 15) is 13.2 Å². The van der Waals surface area contributed by atoms with Gasteiger partial charge in [0.1, 0.15) is 9.90 Å². The molecule has 3 aromatic rings. The molecule has 0 radical (unpaired) electrons. The molecule has 0 unspecified atom stereocenters. The number of benzene rings is 1. The van der Waals surface area contributed by atoms with E-state index in [-0.39, 0.29) is 23.2 Å². The van der Waals surface area contributed by atoms with Crippen LogP contribution in [0.1, 0.15) is 28.3 Å². The maximum Gasteiger partial charge on any atom is 0.357 e. The smallest absolute Gasteiger partial charge is 0.357 e. The van der Waals surface area contributed by atoms with E-state index in [0.717, 1.165) is 18.2 Å². The van der Waals surface area contributed by atoms with Gasteiger partial charge in [0.15, 0.2) is 5.69 Å². The minimum Gasteiger partial charge on any atom is -0.464 e. The number of thiazole rings is 1. The summed E-state index contributed by atoms with van der Waals surface area (Å²) in [4.78, 5) is 20.3. The number of esters is 1. The Kier molecular flexibility index (Phi) is 4.67. The molecule has 0 amide bonds. The van der Waals surface area contributed by atoms with Crippen molar-refractivity contribution in [3.8, 4) is 0 Å². The summed E-state index contributed by atoms with van der Waals surface area (Å²) in [7, 11) is -2.47. The molecule has 2 aromatic heterocycles. The maximum atomic E-state index is 13.4. The van der Waals surface area contributed by atoms with Gasteiger partial charge in [-0.1, -0.05) is 18.2 Å². The van der Waals surface area contributed by atoms with E-state index in [4.69, 9.17) is 0 Å². The molecule has 4 rings (SSSR count). The summed E-state index contributed by atoms with van der Waals surface area (Å²) < 4.78 is 32.9. The van der Waals surface area contributed by atoms with E-state index >= 15 is 0 Å². The quantitative estimate of drug-likeness (QED) is 0.588. The first kappa shape index (κ1) is 18.0. The van der Waals surface area contributed by atoms with Gasteiger partial charge in [0.25, 0.3) is 0 Å². The highest BCUT2D eigenvalue weighted by Crippen LogP contribution is 2.35. The molecule has 1 aromatic carbocycles. The molecule has 1 aliphatic rings. The van der Waals surface area contributed by atoms with E-state index in [1.54, 1.807) is 29.8 Å². The van der Waals surface area contributed by atoms with E-state index in [1.807, 2.05) is 12.1 Å². The minimum absolute atomic E-state index is 0.0561. The molecule has 0 atom stereocenters. The van der Waals surface area contributed by atoms with Crippen LogP contribution in [0.4, 0.5) is 0 Å². The van der Waals surface area contributed by atoms with Gasteiger partial charge in [-0.05, 0) is 25.0 Å². The van der Waals surface area contributed by atoms with Crippen molar-refractivity contribution in [2.45, 2.75) is 30.3 Å². The summed E-state index contributed by atoms with van der Waals surface area (Å²) in [6.07, 6.45) is 3.21. The number of aromatic nitrogens is 2. The lowest BCUT2D eigenvalue weighted by atomic mass is 10.2. The fourth-order valence-electron chi connectivity index (χ4n) is 2.90. The number of rotatable bonds is 6. The first-order chi connectivity index (χ1) is 13.0. The zero-order valence-electron chi connectivity index (χ0n) is 14.5. The molecule has 1 fully saturated rings. The van der Waals surface area contributed by atoms with Crippen molar-refractivity contribution in [3.05, 3.63) is 52.6 Å². The lowest BCUT2D eigenvalue weighted by Gasteiger charge is -2.21. The third-order valence-electron chi connectivity index (χ3n) is 4.37. The Morgan fingerprint density at radius 3 is 2.81 bits per heavy atom. The Balaban J connectivity index is 1.71. The van der Waals surface area contributed by atoms with Crippen LogP contribution in [0.15, 0.2) is 46.8 Å². The van der Waals surface area contributed by atoms with Crippen molar-refractivity contribution in [2.24, 2.45) is 0 Å². The number of nitrogens with zero attached hydrogens (tertiary/aromatic N) is 3. The highest BCUT2D eigenvalue weighted by molar-refractivity contribution is 7.89. The van der Waals surface area contributed by atoms with Crippen molar-refractivity contribution in [1.82, 2.24) is 14.3 Å². The SMILES string of the molecule is COC(=O)c1csc(CN(C2CC2)S(=O)(=O)c2cccc3cccnc23)n1. The molecule has 1 aliphatic carbocycles. The zero-order chi connectivity index (χ0) is 19.0. The van der Waals surface area contributed by atoms with Crippen molar-refractivity contribution in [2.75, 3.05) is 7.11 Å². The maximum absolute atomic E-state index is 13.4. The van der Waals surface area contributed by atoms with Crippen LogP contribution in [-0.4, -0.2) is 41.8 Å². The fraction of sp³-hybridized carbons (Fsp3) is 0.278. The normalized spacial score (nSPS) is 14.6. The van der Waals surface area contributed by atoms with Gasteiger partial charge in [-0.15, -0.1) is 11.3 Å². The summed E-state index contributed by atoms with van der Waals surface area (Å²) >= 11 is 1.25. The number of sulfonamides is 1. The van der Waals surface area contributed by atoms with Crippen molar-refractivity contribution in [1.29, 1.82) is 0 Å². The molecule has 1 saturated carbocycles. The number of hydrogen-bond acceptors (Lipinski definition) is 7. The second-order valence-corrected chi connectivity index (χ2v) is 9.03. The van der Waals surface area contributed by atoms with Crippen LogP contribution in [0.25, 0.3) is 10.9 Å². The second kappa shape index (κ2) is 6.99. The minimum atomic E-state index is -3.76. The van der Waals surface area contributed by atoms with Crippen LogP contribution in [0.3, 0.4) is 0 Å². The molecule has 0 N–H and O–H groups in total. The van der Waals surface area contributed by atoms with Gasteiger partial charge in [0.2, 0.25) is 10.0 Å². The summed E-state index contributed by atoms with van der Waals surface area (Å²) in [5.41, 5.74) is 0.650. The molecule has 9 heteroatoms. The molecule has 0 bridgehead atoms. The number of pyridine rings is 1. The van der Waals surface area contributed by atoms with Crippen LogP contribution in [0.5, 0.6) is 0 Å². The Morgan fingerprint density at radius 1 is 1.30 bits per heavy atom. The van der Waals surface area contributed by atoms with Gasteiger partial charge in [0, 0.05) is 23.0 Å². The Morgan fingerprint density at radius 2 is 2.07 bits per heavy atom. The fourth-order valence-corrected chi connectivity index (χ4v) is 5.56. The predicted octanol–water partition coefficient (Wildman–Crippen LogP) is 2.83. The largest absolute Gasteiger partial charge is 0.464 e. The molecule has 0 spiro atoms. The lowest BCUT2D eigenvalue weighted by Crippen LogP contribution is -2.33. The standard InChI is InChI=1S/C18H17N3O4S2/c1-25-18(22)14-11-26-16(20-14)10-21(13-7-8-13)27(23,24)15-6-2-4-12-5-3-9-19-17(12)15/h2-6,9,11,13H,7-8,10H2,1H3. The van der Waals surface area contributed by atoms with E-state index in [0.29, 0.717) is 10.5 Å². The predicted molar refractivity (Wildman–Crippen MR) is 101 cm³/mol. The van der Waals surface area contributed by atoms with Crippen LogP contribution in [0.2, 0.25) is 0 Å². The first-order valence-electron chi connectivity index (χ1n) is 8.39. The summed E-state index contributed by atoms with van der Waals surface area (Å²) in [6, 6.07) is 8.71. The highest BCUT2D eigenvalue weighted by Gasteiger charge is 2.39. The average Bonchev–Trinajstić information content (AvgIpc) is 3.41. The second-order valence-electron chi connectivity index (χ2n) is 6.23. The van der Waals surface area contributed by atoms with Crippen LogP contribution in [-0.2, 0) is 21.3 Å². The van der Waals surface area contributed by atoms with Crippen LogP contribution in [0, 0.1) is 0 Å². The molecule has 27 heavy (non-hydrogen) atoms. The number of carbonyl (C=O) groups excluding carboxylic acids is 1. The van der Waals surface area contributed by atoms with Crippen molar-refractivity contribution < 1.29 is 17.9 Å². The van der Waals surface area contributed by atoms with Crippen molar-refractivity contribution in [3.63, 3.8) is 0 Å². The Hall–Kier alpha value is -2.36. The van der Waals surface area contributed by atoms with Crippen LogP contribution >= 0.6 is 11.3 Å². The number of hydrogen-bond donors (Lipinski definition) is 0. The number of carbonyl (C=O) groups is 1. The Labute approximate surface area is 160 Å². The molecule has 7 nitrogen and oxygen atoms in total. The van der Waals surface area contributed by atoms with Crippen molar-refractivity contribution >= 4 is 38.2 Å². The number of ether oxygens (including phenoxy) is 1. The average molecular weight is 403 g/mol. The molecule has 0 saturated heterocycles. The topological polar surface area (TPSA) is 89.5 Å². The van der Waals surface area contributed by atoms with Gasteiger partial charge in [-0.3, -0.25) is 4.98 Å². The van der Waals surface area contributed by atoms with Gasteiger partial charge in [0.05, 0.1) is 19.2 Å². The van der Waals surface area contributed by atoms with Gasteiger partial charge >= 0.3 is 5.97 Å². The molecule has 140 valence electrons. The van der Waals surface area contributed by atoms with E-state index in [2.05, 4.69) is 14.7 Å². The third-order valence-corrected chi connectivity index (χ3v) is 7.14. The third kappa shape index (κ3) is 3.45. The molecule has 2 heterocycles. The van der Waals surface area contributed by atoms with Crippen LogP contribution < -0.4 is 0 Å². The first-order valence-corrected chi connectivity index (χ1v) is 10.7. The zero-order valence-corrected chi connectivity index (χ0v) is 16.2. The summed E-state index contributed by atoms with van der Waals surface area (Å²) in [5, 5.41) is 2.91. The number of methoxy groups -OCH3 is 1. The monoisotopic (exact) mass is 403 g/mol. The summed E-state index contributed by atoms with van der Waals surface area (Å²) in [6.45, 7) is 0.123. The lowest BCUT2D eigenvalue weighted by molar-refractivity contribution is 0.0594. The molecule has 0 aliphatic heterocycles. The molecular weight excluding hydrogens is 386 g/mol. The summed E-state index contributed by atoms with van der Waals surface area (Å²) in [5.74, 6) is -0.531. The number of fused-ring (bicyclic) bond motifs is 1. The van der Waals surface area contributed by atoms with Gasteiger partial charge in [-0.25, -0.2) is 18.2 Å². The van der Waals surface area contributed by atoms with Gasteiger partial charge < -0.3 is 4.74 Å². The Bertz CT molecular complexity index is 1100. The van der Waals surface area contributed by atoms with E-state index in [1.165, 1.54) is 22.8 Å². The number of para-hydroxylation sites is 1. The van der Waals surface area contributed by atoms with E-state index < -0.39 is 16.0 Å². The van der Waals surface area contributed by atoms with Gasteiger partial charge in [-0.2, -0.15) is 4.31 Å². The highest BCUT2D eigenvalue weighted by atomic mass is 32.2. The molecular formula is C18H17N3O4S2.